The van der Waals surface area contributed by atoms with Crippen LogP contribution in [0.15, 0.2) is 60.7 Å². The third-order valence-electron chi connectivity index (χ3n) is 2.82. The van der Waals surface area contributed by atoms with Crippen LogP contribution in [0.1, 0.15) is 16.7 Å². The summed E-state index contributed by atoms with van der Waals surface area (Å²) in [6.45, 7) is 3.91. The van der Waals surface area contributed by atoms with E-state index in [1.807, 2.05) is 6.07 Å². The van der Waals surface area contributed by atoms with Gasteiger partial charge in [-0.25, -0.2) is 0 Å². The van der Waals surface area contributed by atoms with Gasteiger partial charge >= 0.3 is 0 Å². The second-order valence-corrected chi connectivity index (χ2v) is 4.43. The fourth-order valence-electron chi connectivity index (χ4n) is 1.77. The van der Waals surface area contributed by atoms with Gasteiger partial charge in [-0.05, 0) is 18.1 Å². The number of rotatable bonds is 5. The minimum absolute atomic E-state index is 0.892. The van der Waals surface area contributed by atoms with E-state index < -0.39 is 0 Å². The first kappa shape index (κ1) is 12.6. The van der Waals surface area contributed by atoms with Gasteiger partial charge in [0.25, 0.3) is 0 Å². The SMILES string of the molecule is Cc1ccc(/C=C/CNCc2ccccc2)cc1. The molecule has 0 amide bonds. The van der Waals surface area contributed by atoms with Crippen molar-refractivity contribution in [2.75, 3.05) is 6.54 Å². The molecule has 0 saturated heterocycles. The molecular formula is C17H19N. The zero-order valence-corrected chi connectivity index (χ0v) is 10.8. The highest BCUT2D eigenvalue weighted by molar-refractivity contribution is 5.49. The lowest BCUT2D eigenvalue weighted by Crippen LogP contribution is -2.12. The quantitative estimate of drug-likeness (QED) is 0.780. The van der Waals surface area contributed by atoms with Crippen molar-refractivity contribution in [3.63, 3.8) is 0 Å². The van der Waals surface area contributed by atoms with E-state index in [1.165, 1.54) is 16.7 Å². The number of benzene rings is 2. The molecule has 2 rings (SSSR count). The van der Waals surface area contributed by atoms with E-state index in [9.17, 15) is 0 Å². The van der Waals surface area contributed by atoms with E-state index in [4.69, 9.17) is 0 Å². The summed E-state index contributed by atoms with van der Waals surface area (Å²) in [5.74, 6) is 0. The van der Waals surface area contributed by atoms with Crippen LogP contribution < -0.4 is 5.32 Å². The largest absolute Gasteiger partial charge is 0.309 e. The molecule has 0 heterocycles. The first-order valence-electron chi connectivity index (χ1n) is 6.32. The van der Waals surface area contributed by atoms with Gasteiger partial charge in [0.1, 0.15) is 0 Å². The molecule has 0 unspecified atom stereocenters. The summed E-state index contributed by atoms with van der Waals surface area (Å²) in [5, 5.41) is 3.40. The Morgan fingerprint density at radius 3 is 2.39 bits per heavy atom. The first-order chi connectivity index (χ1) is 8.84. The average molecular weight is 237 g/mol. The maximum atomic E-state index is 3.40. The van der Waals surface area contributed by atoms with Crippen LogP contribution in [0.2, 0.25) is 0 Å². The van der Waals surface area contributed by atoms with E-state index in [-0.39, 0.29) is 0 Å². The summed E-state index contributed by atoms with van der Waals surface area (Å²) in [7, 11) is 0. The maximum absolute atomic E-state index is 3.40. The maximum Gasteiger partial charge on any atom is 0.0208 e. The summed E-state index contributed by atoms with van der Waals surface area (Å²) in [6.07, 6.45) is 4.31. The Morgan fingerprint density at radius 2 is 1.67 bits per heavy atom. The van der Waals surface area contributed by atoms with Crippen LogP contribution in [0.4, 0.5) is 0 Å². The fraction of sp³-hybridized carbons (Fsp3) is 0.176. The third-order valence-corrected chi connectivity index (χ3v) is 2.82. The van der Waals surface area contributed by atoms with Crippen LogP contribution in [0.3, 0.4) is 0 Å². The van der Waals surface area contributed by atoms with Gasteiger partial charge in [-0.15, -0.1) is 0 Å². The number of hydrogen-bond acceptors (Lipinski definition) is 1. The molecule has 1 N–H and O–H groups in total. The Hall–Kier alpha value is -1.86. The monoisotopic (exact) mass is 237 g/mol. The van der Waals surface area contributed by atoms with Crippen LogP contribution in [-0.4, -0.2) is 6.54 Å². The highest BCUT2D eigenvalue weighted by Crippen LogP contribution is 2.04. The Balaban J connectivity index is 1.74. The molecule has 0 aliphatic heterocycles. The lowest BCUT2D eigenvalue weighted by Gasteiger charge is -2.01. The van der Waals surface area contributed by atoms with Crippen LogP contribution >= 0.6 is 0 Å². The van der Waals surface area contributed by atoms with Crippen molar-refractivity contribution in [3.8, 4) is 0 Å². The highest BCUT2D eigenvalue weighted by atomic mass is 14.8. The smallest absolute Gasteiger partial charge is 0.0208 e. The summed E-state index contributed by atoms with van der Waals surface area (Å²) >= 11 is 0. The van der Waals surface area contributed by atoms with Crippen LogP contribution in [-0.2, 0) is 6.54 Å². The van der Waals surface area contributed by atoms with Gasteiger partial charge < -0.3 is 5.32 Å². The molecule has 0 radical (unpaired) electrons. The second kappa shape index (κ2) is 6.77. The van der Waals surface area contributed by atoms with Gasteiger partial charge in [0.2, 0.25) is 0 Å². The molecule has 92 valence electrons. The number of hydrogen-bond donors (Lipinski definition) is 1. The van der Waals surface area contributed by atoms with Gasteiger partial charge in [-0.3, -0.25) is 0 Å². The summed E-state index contributed by atoms with van der Waals surface area (Å²) in [5.41, 5.74) is 3.87. The van der Waals surface area contributed by atoms with Gasteiger partial charge in [0.05, 0.1) is 0 Å². The van der Waals surface area contributed by atoms with Crippen molar-refractivity contribution in [2.45, 2.75) is 13.5 Å². The van der Waals surface area contributed by atoms with Crippen molar-refractivity contribution < 1.29 is 0 Å². The molecule has 2 aromatic carbocycles. The fourth-order valence-corrected chi connectivity index (χ4v) is 1.77. The molecule has 0 spiro atoms. The van der Waals surface area contributed by atoms with Crippen molar-refractivity contribution in [2.24, 2.45) is 0 Å². The topological polar surface area (TPSA) is 12.0 Å². The van der Waals surface area contributed by atoms with Crippen LogP contribution in [0, 0.1) is 6.92 Å². The van der Waals surface area contributed by atoms with Crippen molar-refractivity contribution in [1.82, 2.24) is 5.32 Å². The molecule has 1 heteroatoms. The molecule has 18 heavy (non-hydrogen) atoms. The summed E-state index contributed by atoms with van der Waals surface area (Å²) in [4.78, 5) is 0. The van der Waals surface area contributed by atoms with Crippen molar-refractivity contribution in [3.05, 3.63) is 77.4 Å². The van der Waals surface area contributed by atoms with E-state index in [2.05, 4.69) is 72.9 Å². The highest BCUT2D eigenvalue weighted by Gasteiger charge is 1.89. The van der Waals surface area contributed by atoms with Crippen molar-refractivity contribution >= 4 is 6.08 Å². The Morgan fingerprint density at radius 1 is 0.944 bits per heavy atom. The zero-order valence-electron chi connectivity index (χ0n) is 10.8. The van der Waals surface area contributed by atoms with E-state index >= 15 is 0 Å². The molecule has 0 aromatic heterocycles. The van der Waals surface area contributed by atoms with Gasteiger partial charge in [0, 0.05) is 13.1 Å². The minimum atomic E-state index is 0.892. The Bertz CT molecular complexity index is 483. The lowest BCUT2D eigenvalue weighted by atomic mass is 10.1. The molecule has 0 bridgehead atoms. The van der Waals surface area contributed by atoms with E-state index in [0.717, 1.165) is 13.1 Å². The standard InChI is InChI=1S/C17H19N/c1-15-9-11-16(12-10-15)8-5-13-18-14-17-6-3-2-4-7-17/h2-12,18H,13-14H2,1H3/b8-5+. The number of aryl methyl sites for hydroxylation is 1. The predicted octanol–water partition coefficient (Wildman–Crippen LogP) is 3.80. The molecule has 0 aliphatic rings. The molecule has 0 atom stereocenters. The first-order valence-corrected chi connectivity index (χ1v) is 6.32. The molecule has 2 aromatic rings. The normalized spacial score (nSPS) is 10.9. The van der Waals surface area contributed by atoms with Gasteiger partial charge in [0.15, 0.2) is 0 Å². The predicted molar refractivity (Wildman–Crippen MR) is 78.4 cm³/mol. The molecular weight excluding hydrogens is 218 g/mol. The number of nitrogens with one attached hydrogen (secondary N) is 1. The summed E-state index contributed by atoms with van der Waals surface area (Å²) in [6, 6.07) is 19.0. The van der Waals surface area contributed by atoms with Crippen LogP contribution in [0.5, 0.6) is 0 Å². The van der Waals surface area contributed by atoms with Crippen LogP contribution in [0.25, 0.3) is 6.08 Å². The lowest BCUT2D eigenvalue weighted by molar-refractivity contribution is 0.761. The molecule has 1 nitrogen and oxygen atoms in total. The second-order valence-electron chi connectivity index (χ2n) is 4.43. The average Bonchev–Trinajstić information content (AvgIpc) is 2.42. The third kappa shape index (κ3) is 4.19. The minimum Gasteiger partial charge on any atom is -0.309 e. The zero-order chi connectivity index (χ0) is 12.6. The molecule has 0 fully saturated rings. The van der Waals surface area contributed by atoms with E-state index in [1.54, 1.807) is 0 Å². The Kier molecular flexibility index (Phi) is 4.74. The van der Waals surface area contributed by atoms with Crippen molar-refractivity contribution in [1.29, 1.82) is 0 Å². The molecule has 0 aliphatic carbocycles. The Labute approximate surface area is 109 Å². The van der Waals surface area contributed by atoms with Gasteiger partial charge in [-0.2, -0.15) is 0 Å². The molecule has 0 saturated carbocycles. The summed E-state index contributed by atoms with van der Waals surface area (Å²) < 4.78 is 0. The van der Waals surface area contributed by atoms with Gasteiger partial charge in [-0.1, -0.05) is 72.3 Å². The van der Waals surface area contributed by atoms with E-state index in [0.29, 0.717) is 0 Å².